The van der Waals surface area contributed by atoms with Gasteiger partial charge in [-0.25, -0.2) is 0 Å². The Kier molecular flexibility index (Phi) is 7.21. The summed E-state index contributed by atoms with van der Waals surface area (Å²) in [6.45, 7) is 4.96. The van der Waals surface area contributed by atoms with Crippen LogP contribution in [0.4, 0.5) is 17.1 Å². The highest BCUT2D eigenvalue weighted by molar-refractivity contribution is 6.95. The molecule has 0 radical (unpaired) electrons. The van der Waals surface area contributed by atoms with E-state index in [1.807, 2.05) is 0 Å². The van der Waals surface area contributed by atoms with Crippen molar-refractivity contribution in [2.45, 2.75) is 56.8 Å². The van der Waals surface area contributed by atoms with Crippen molar-refractivity contribution in [3.8, 4) is 0 Å². The van der Waals surface area contributed by atoms with E-state index >= 15 is 0 Å². The molecule has 11 rings (SSSR count). The van der Waals surface area contributed by atoms with Crippen LogP contribution in [0.3, 0.4) is 0 Å². The molecule has 0 amide bonds. The van der Waals surface area contributed by atoms with E-state index in [-0.39, 0.29) is 17.5 Å². The molecule has 4 saturated carbocycles. The molecule has 0 atom stereocenters. The maximum atomic E-state index is 2.53. The lowest BCUT2D eigenvalue weighted by molar-refractivity contribution is -0.0418. The summed E-state index contributed by atoms with van der Waals surface area (Å²) in [4.78, 5) is 2.51. The number of rotatable bonds is 6. The maximum absolute atomic E-state index is 2.53. The van der Waals surface area contributed by atoms with Crippen molar-refractivity contribution in [1.29, 1.82) is 0 Å². The molecule has 0 N–H and O–H groups in total. The molecular weight excluding hydrogens is 613 g/mol. The molecule has 4 fully saturated rings. The van der Waals surface area contributed by atoms with Gasteiger partial charge in [-0.3, -0.25) is 0 Å². The Morgan fingerprint density at radius 2 is 0.863 bits per heavy atom. The molecule has 1 heterocycles. The van der Waals surface area contributed by atoms with E-state index in [9.17, 15) is 0 Å². The molecular formula is C49H46BN. The first-order chi connectivity index (χ1) is 25.0. The fraction of sp³-hybridized carbons (Fsp3) is 0.265. The van der Waals surface area contributed by atoms with Crippen molar-refractivity contribution in [3.05, 3.63) is 180 Å². The monoisotopic (exact) mass is 659 g/mol. The first kappa shape index (κ1) is 31.0. The lowest BCUT2D eigenvalue weighted by Gasteiger charge is -2.62. The molecule has 51 heavy (non-hydrogen) atoms. The average molecular weight is 660 g/mol. The summed E-state index contributed by atoms with van der Waals surface area (Å²) >= 11 is 0. The Morgan fingerprint density at radius 1 is 0.451 bits per heavy atom. The van der Waals surface area contributed by atoms with Crippen LogP contribution in [0, 0.1) is 23.7 Å². The van der Waals surface area contributed by atoms with Crippen molar-refractivity contribution in [2.24, 2.45) is 23.7 Å². The fourth-order valence-electron chi connectivity index (χ4n) is 11.7. The van der Waals surface area contributed by atoms with E-state index in [4.69, 9.17) is 0 Å². The number of fused-ring (bicyclic) bond motifs is 2. The van der Waals surface area contributed by atoms with Crippen molar-refractivity contribution >= 4 is 40.2 Å². The highest BCUT2D eigenvalue weighted by Gasteiger charge is 2.58. The van der Waals surface area contributed by atoms with Gasteiger partial charge in [-0.1, -0.05) is 164 Å². The van der Waals surface area contributed by atoms with Crippen LogP contribution >= 0.6 is 0 Å². The molecule has 6 aromatic rings. The molecule has 4 bridgehead atoms. The Balaban J connectivity index is 1.08. The second-order valence-corrected chi connectivity index (χ2v) is 16.6. The van der Waals surface area contributed by atoms with E-state index in [0.717, 1.165) is 11.8 Å². The summed E-state index contributed by atoms with van der Waals surface area (Å²) in [6.07, 6.45) is 6.94. The first-order valence-electron chi connectivity index (χ1n) is 19.3. The molecule has 4 aliphatic carbocycles. The van der Waals surface area contributed by atoms with Gasteiger partial charge in [-0.15, -0.1) is 0 Å². The summed E-state index contributed by atoms with van der Waals surface area (Å²) in [7, 11) is 0. The predicted molar refractivity (Wildman–Crippen MR) is 215 cm³/mol. The van der Waals surface area contributed by atoms with E-state index in [1.165, 1.54) is 87.8 Å². The summed E-state index contributed by atoms with van der Waals surface area (Å²) in [5, 5.41) is 0. The Labute approximate surface area is 304 Å². The van der Waals surface area contributed by atoms with Gasteiger partial charge in [-0.2, -0.15) is 0 Å². The quantitative estimate of drug-likeness (QED) is 0.161. The Morgan fingerprint density at radius 3 is 1.35 bits per heavy atom. The molecule has 2 heteroatoms. The third-order valence-corrected chi connectivity index (χ3v) is 13.7. The number of nitrogens with zero attached hydrogens (tertiary/aromatic N) is 1. The third-order valence-electron chi connectivity index (χ3n) is 13.7. The van der Waals surface area contributed by atoms with Crippen LogP contribution in [-0.2, 0) is 10.8 Å². The van der Waals surface area contributed by atoms with E-state index in [0.29, 0.717) is 11.8 Å². The van der Waals surface area contributed by atoms with Crippen molar-refractivity contribution in [3.63, 3.8) is 0 Å². The number of hydrogen-bond acceptors (Lipinski definition) is 1. The molecule has 5 aliphatic rings. The molecule has 0 aromatic heterocycles. The molecule has 250 valence electrons. The van der Waals surface area contributed by atoms with Crippen LogP contribution < -0.4 is 21.3 Å². The summed E-state index contributed by atoms with van der Waals surface area (Å²) < 4.78 is 0. The number of para-hydroxylation sites is 2. The largest absolute Gasteiger partial charge is 0.310 e. The van der Waals surface area contributed by atoms with Crippen molar-refractivity contribution in [2.75, 3.05) is 4.90 Å². The summed E-state index contributed by atoms with van der Waals surface area (Å²) in [6, 6.07) is 60.0. The van der Waals surface area contributed by atoms with Gasteiger partial charge in [-0.05, 0) is 102 Å². The van der Waals surface area contributed by atoms with Gasteiger partial charge >= 0.3 is 0 Å². The van der Waals surface area contributed by atoms with Gasteiger partial charge in [0.05, 0.1) is 11.4 Å². The second kappa shape index (κ2) is 11.9. The fourth-order valence-corrected chi connectivity index (χ4v) is 11.7. The van der Waals surface area contributed by atoms with Gasteiger partial charge < -0.3 is 4.90 Å². The number of anilines is 3. The van der Waals surface area contributed by atoms with Gasteiger partial charge in [0.15, 0.2) is 0 Å². The van der Waals surface area contributed by atoms with E-state index in [1.54, 1.807) is 0 Å². The smallest absolute Gasteiger partial charge is 0.241 e. The van der Waals surface area contributed by atoms with E-state index in [2.05, 4.69) is 176 Å². The normalized spacial score (nSPS) is 25.3. The summed E-state index contributed by atoms with van der Waals surface area (Å²) in [5.74, 6) is 3.21. The van der Waals surface area contributed by atoms with Crippen LogP contribution in [0.1, 0.15) is 68.2 Å². The van der Waals surface area contributed by atoms with Crippen LogP contribution in [0.5, 0.6) is 0 Å². The lowest BCUT2D eigenvalue weighted by Crippen LogP contribution is -2.56. The van der Waals surface area contributed by atoms with Gasteiger partial charge in [0.25, 0.3) is 0 Å². The summed E-state index contributed by atoms with van der Waals surface area (Å²) in [5.41, 5.74) is 13.7. The molecule has 1 nitrogen and oxygen atoms in total. The van der Waals surface area contributed by atoms with Gasteiger partial charge in [0.1, 0.15) is 0 Å². The molecule has 6 aromatic carbocycles. The zero-order valence-corrected chi connectivity index (χ0v) is 29.9. The highest BCUT2D eigenvalue weighted by Crippen LogP contribution is 2.65. The molecule has 0 unspecified atom stereocenters. The minimum absolute atomic E-state index is 0.0547. The zero-order chi connectivity index (χ0) is 34.2. The SMILES string of the molecule is CC1(C)c2ccccc2N(c2ccc(C3(c4ccc(B(c5ccccc5)c5ccccc5)cc4)C4CC5CC(C4)CC3C5)cc2)c2ccccc21. The number of hydrogen-bond donors (Lipinski definition) is 0. The minimum Gasteiger partial charge on any atom is -0.310 e. The average Bonchev–Trinajstić information content (AvgIpc) is 3.17. The zero-order valence-electron chi connectivity index (χ0n) is 29.9. The van der Waals surface area contributed by atoms with Crippen LogP contribution in [0.2, 0.25) is 0 Å². The molecule has 1 aliphatic heterocycles. The minimum atomic E-state index is -0.0553. The molecule has 0 spiro atoms. The predicted octanol–water partition coefficient (Wildman–Crippen LogP) is 10.1. The van der Waals surface area contributed by atoms with E-state index < -0.39 is 0 Å². The Bertz CT molecular complexity index is 2070. The molecule has 0 saturated heterocycles. The number of benzene rings is 6. The van der Waals surface area contributed by atoms with Gasteiger partial charge in [0.2, 0.25) is 6.71 Å². The Hall–Kier alpha value is -4.82. The van der Waals surface area contributed by atoms with Crippen LogP contribution in [0.15, 0.2) is 158 Å². The van der Waals surface area contributed by atoms with Crippen LogP contribution in [0.25, 0.3) is 0 Å². The lowest BCUT2D eigenvalue weighted by atomic mass is 9.36. The van der Waals surface area contributed by atoms with Crippen molar-refractivity contribution < 1.29 is 0 Å². The highest BCUT2D eigenvalue weighted by atomic mass is 15.2. The van der Waals surface area contributed by atoms with Gasteiger partial charge in [0, 0.05) is 16.5 Å². The third kappa shape index (κ3) is 4.75. The maximum Gasteiger partial charge on any atom is 0.241 e. The second-order valence-electron chi connectivity index (χ2n) is 16.6. The first-order valence-corrected chi connectivity index (χ1v) is 19.3. The van der Waals surface area contributed by atoms with Crippen molar-refractivity contribution in [1.82, 2.24) is 0 Å². The standard InChI is InChI=1S/C49H46BN/c1-48(2)44-17-9-11-19-46(44)51(47-20-12-10-18-45(47)48)43-27-23-37(24-28-43)49(38-30-34-29-35(32-38)33-39(49)31-34)36-21-25-42(26-22-36)50(40-13-5-3-6-14-40)41-15-7-4-8-16-41/h3-28,34-35,38-39H,29-33H2,1-2H3. The topological polar surface area (TPSA) is 3.24 Å². The van der Waals surface area contributed by atoms with Crippen LogP contribution in [-0.4, -0.2) is 6.71 Å².